The number of nitrogens with one attached hydrogen (secondary N) is 1. The van der Waals surface area contributed by atoms with Gasteiger partial charge in [-0.25, -0.2) is 9.48 Å². The van der Waals surface area contributed by atoms with Crippen LogP contribution in [0, 0.1) is 0 Å². The van der Waals surface area contributed by atoms with E-state index >= 15 is 0 Å². The standard InChI is InChI=1S/C27H27N5O2/c1-2-27(28)16-24(27)20-11-13-23(14-12-20)32-17-25(30-31-32)21-9-6-10-22(15-21)29-26(33)34-18-19-7-4-3-5-8-19/h3-15,17,24H,2,16,18,28H2,1H3,(H,29,33)/t24-,27+/m0/s1. The Morgan fingerprint density at radius 3 is 2.65 bits per heavy atom. The molecular formula is C27H27N5O2. The molecule has 1 amide bonds. The Hall–Kier alpha value is -3.97. The highest BCUT2D eigenvalue weighted by Gasteiger charge is 2.49. The third kappa shape index (κ3) is 4.70. The van der Waals surface area contributed by atoms with Crippen molar-refractivity contribution in [1.29, 1.82) is 0 Å². The van der Waals surface area contributed by atoms with Crippen molar-refractivity contribution in [2.45, 2.75) is 37.8 Å². The average molecular weight is 454 g/mol. The van der Waals surface area contributed by atoms with Crippen LogP contribution < -0.4 is 11.1 Å². The summed E-state index contributed by atoms with van der Waals surface area (Å²) in [6.45, 7) is 2.36. The molecule has 1 aromatic heterocycles. The lowest BCUT2D eigenvalue weighted by atomic mass is 10.0. The quantitative estimate of drug-likeness (QED) is 0.397. The third-order valence-corrected chi connectivity index (χ3v) is 6.45. The van der Waals surface area contributed by atoms with Crippen molar-refractivity contribution in [3.63, 3.8) is 0 Å². The number of rotatable bonds is 7. The van der Waals surface area contributed by atoms with Gasteiger partial charge in [0.15, 0.2) is 0 Å². The van der Waals surface area contributed by atoms with Crippen LogP contribution in [0.25, 0.3) is 16.9 Å². The molecule has 2 atom stereocenters. The first-order valence-corrected chi connectivity index (χ1v) is 11.4. The van der Waals surface area contributed by atoms with Gasteiger partial charge in [0, 0.05) is 22.7 Å². The maximum atomic E-state index is 12.2. The van der Waals surface area contributed by atoms with Crippen molar-refractivity contribution in [2.24, 2.45) is 5.73 Å². The monoisotopic (exact) mass is 453 g/mol. The molecule has 0 bridgehead atoms. The molecule has 0 unspecified atom stereocenters. The number of hydrogen-bond donors (Lipinski definition) is 2. The van der Waals surface area contributed by atoms with Gasteiger partial charge in [-0.3, -0.25) is 5.32 Å². The predicted molar refractivity (Wildman–Crippen MR) is 132 cm³/mol. The summed E-state index contributed by atoms with van der Waals surface area (Å²) in [6, 6.07) is 25.3. The highest BCUT2D eigenvalue weighted by Crippen LogP contribution is 2.51. The number of anilines is 1. The molecule has 1 aliphatic rings. The van der Waals surface area contributed by atoms with E-state index in [4.69, 9.17) is 10.5 Å². The molecule has 3 N–H and O–H groups in total. The van der Waals surface area contributed by atoms with Gasteiger partial charge < -0.3 is 10.5 Å². The van der Waals surface area contributed by atoms with Gasteiger partial charge in [-0.15, -0.1) is 5.10 Å². The van der Waals surface area contributed by atoms with Crippen LogP contribution >= 0.6 is 0 Å². The van der Waals surface area contributed by atoms with Gasteiger partial charge in [0.25, 0.3) is 0 Å². The fourth-order valence-electron chi connectivity index (χ4n) is 4.18. The van der Waals surface area contributed by atoms with Gasteiger partial charge >= 0.3 is 6.09 Å². The molecule has 0 radical (unpaired) electrons. The second kappa shape index (κ2) is 9.11. The van der Waals surface area contributed by atoms with Crippen molar-refractivity contribution in [3.05, 3.63) is 96.2 Å². The Morgan fingerprint density at radius 1 is 1.12 bits per heavy atom. The van der Waals surface area contributed by atoms with Gasteiger partial charge in [0.05, 0.1) is 11.9 Å². The van der Waals surface area contributed by atoms with Crippen LogP contribution in [0.5, 0.6) is 0 Å². The number of aromatic nitrogens is 3. The Bertz CT molecular complexity index is 1290. The predicted octanol–water partition coefficient (Wildman–Crippen LogP) is 5.28. The molecule has 1 aliphatic carbocycles. The molecule has 1 heterocycles. The van der Waals surface area contributed by atoms with Gasteiger partial charge in [0.1, 0.15) is 12.3 Å². The maximum Gasteiger partial charge on any atom is 0.411 e. The number of carbonyl (C=O) groups excluding carboxylic acids is 1. The second-order valence-corrected chi connectivity index (χ2v) is 8.75. The number of benzene rings is 3. The van der Waals surface area contributed by atoms with Crippen LogP contribution in [0.3, 0.4) is 0 Å². The lowest BCUT2D eigenvalue weighted by Crippen LogP contribution is -2.22. The summed E-state index contributed by atoms with van der Waals surface area (Å²) >= 11 is 0. The number of carbonyl (C=O) groups is 1. The first-order valence-electron chi connectivity index (χ1n) is 11.4. The largest absolute Gasteiger partial charge is 0.444 e. The summed E-state index contributed by atoms with van der Waals surface area (Å²) in [6.07, 6.45) is 3.40. The van der Waals surface area contributed by atoms with Crippen LogP contribution in [0.4, 0.5) is 10.5 Å². The van der Waals surface area contributed by atoms with Crippen LogP contribution in [-0.4, -0.2) is 26.6 Å². The number of ether oxygens (including phenoxy) is 1. The number of amides is 1. The minimum absolute atomic E-state index is 0.0467. The maximum absolute atomic E-state index is 12.2. The van der Waals surface area contributed by atoms with E-state index in [0.29, 0.717) is 17.3 Å². The zero-order chi connectivity index (χ0) is 23.5. The average Bonchev–Trinajstić information content (AvgIpc) is 3.32. The zero-order valence-electron chi connectivity index (χ0n) is 19.0. The van der Waals surface area contributed by atoms with E-state index in [1.54, 1.807) is 4.68 Å². The molecule has 34 heavy (non-hydrogen) atoms. The van der Waals surface area contributed by atoms with Crippen LogP contribution in [0.2, 0.25) is 0 Å². The minimum atomic E-state index is -0.509. The van der Waals surface area contributed by atoms with Gasteiger partial charge in [-0.05, 0) is 48.2 Å². The molecule has 3 aromatic carbocycles. The SMILES string of the molecule is CC[C@@]1(N)C[C@H]1c1ccc(-n2cc(-c3cccc(NC(=O)OCc4ccccc4)c3)nn2)cc1. The van der Waals surface area contributed by atoms with E-state index in [-0.39, 0.29) is 12.1 Å². The highest BCUT2D eigenvalue weighted by molar-refractivity contribution is 5.85. The molecule has 0 aliphatic heterocycles. The summed E-state index contributed by atoms with van der Waals surface area (Å²) in [7, 11) is 0. The van der Waals surface area contributed by atoms with Crippen LogP contribution in [-0.2, 0) is 11.3 Å². The molecule has 7 nitrogen and oxygen atoms in total. The molecule has 4 aromatic rings. The van der Waals surface area contributed by atoms with Crippen molar-refractivity contribution in [1.82, 2.24) is 15.0 Å². The number of nitrogens with zero attached hydrogens (tertiary/aromatic N) is 3. The molecule has 1 saturated carbocycles. The summed E-state index contributed by atoms with van der Waals surface area (Å²) in [5.41, 5.74) is 11.6. The summed E-state index contributed by atoms with van der Waals surface area (Å²) in [5, 5.41) is 11.4. The highest BCUT2D eigenvalue weighted by atomic mass is 16.5. The molecule has 0 saturated heterocycles. The first kappa shape index (κ1) is 21.9. The van der Waals surface area contributed by atoms with E-state index in [9.17, 15) is 4.79 Å². The topological polar surface area (TPSA) is 95.1 Å². The molecule has 5 rings (SSSR count). The fraction of sp³-hybridized carbons (Fsp3) is 0.222. The second-order valence-electron chi connectivity index (χ2n) is 8.75. The van der Waals surface area contributed by atoms with Crippen molar-refractivity contribution >= 4 is 11.8 Å². The Balaban J connectivity index is 1.24. The molecular weight excluding hydrogens is 426 g/mol. The van der Waals surface area contributed by atoms with Crippen molar-refractivity contribution < 1.29 is 9.53 Å². The van der Waals surface area contributed by atoms with E-state index in [1.807, 2.05) is 72.9 Å². The van der Waals surface area contributed by atoms with Crippen LogP contribution in [0.1, 0.15) is 36.8 Å². The minimum Gasteiger partial charge on any atom is -0.444 e. The van der Waals surface area contributed by atoms with Crippen molar-refractivity contribution in [3.8, 4) is 16.9 Å². The summed E-state index contributed by atoms with van der Waals surface area (Å²) in [4.78, 5) is 12.2. The van der Waals surface area contributed by atoms with Crippen LogP contribution in [0.15, 0.2) is 85.1 Å². The summed E-state index contributed by atoms with van der Waals surface area (Å²) in [5.74, 6) is 0.437. The Morgan fingerprint density at radius 2 is 1.91 bits per heavy atom. The molecule has 7 heteroatoms. The smallest absolute Gasteiger partial charge is 0.411 e. The molecule has 1 fully saturated rings. The van der Waals surface area contributed by atoms with Gasteiger partial charge in [0.2, 0.25) is 0 Å². The van der Waals surface area contributed by atoms with E-state index < -0.39 is 6.09 Å². The molecule has 172 valence electrons. The number of hydrogen-bond acceptors (Lipinski definition) is 5. The zero-order valence-corrected chi connectivity index (χ0v) is 19.0. The fourth-order valence-corrected chi connectivity index (χ4v) is 4.18. The normalized spacial score (nSPS) is 18.9. The first-order chi connectivity index (χ1) is 16.5. The lowest BCUT2D eigenvalue weighted by Gasteiger charge is -2.08. The molecule has 0 spiro atoms. The summed E-state index contributed by atoms with van der Waals surface area (Å²) < 4.78 is 7.05. The van der Waals surface area contributed by atoms with E-state index in [0.717, 1.165) is 29.7 Å². The van der Waals surface area contributed by atoms with Gasteiger partial charge in [-0.1, -0.05) is 66.7 Å². The Labute approximate surface area is 198 Å². The third-order valence-electron chi connectivity index (χ3n) is 6.45. The van der Waals surface area contributed by atoms with E-state index in [2.05, 4.69) is 34.7 Å². The number of nitrogens with two attached hydrogens (primary N) is 1. The lowest BCUT2D eigenvalue weighted by molar-refractivity contribution is 0.155. The van der Waals surface area contributed by atoms with E-state index in [1.165, 1.54) is 5.56 Å². The Kier molecular flexibility index (Phi) is 5.86. The van der Waals surface area contributed by atoms with Gasteiger partial charge in [-0.2, -0.15) is 0 Å². The van der Waals surface area contributed by atoms with Crippen molar-refractivity contribution in [2.75, 3.05) is 5.32 Å².